The molecule has 3 rings (SSSR count). The Morgan fingerprint density at radius 3 is 1.63 bits per heavy atom. The molecule has 0 aromatic heterocycles. The van der Waals surface area contributed by atoms with Gasteiger partial charge in [-0.15, -0.1) is 0 Å². The SMILES string of the molecule is O=C(C(=Cc1ccccc1[N+](=O)[O-])C(=O)c1ccccc1)c1ccccc1. The van der Waals surface area contributed by atoms with Crippen LogP contribution in [0, 0.1) is 10.1 Å². The number of carbonyl (C=O) groups is 2. The number of Topliss-reactive ketones (excluding diaryl/α,β-unsaturated/α-hetero) is 2. The Hall–Kier alpha value is -3.86. The molecule has 0 aliphatic rings. The molecule has 0 saturated heterocycles. The first-order chi connectivity index (χ1) is 13.1. The van der Waals surface area contributed by atoms with Crippen LogP contribution in [0.2, 0.25) is 0 Å². The van der Waals surface area contributed by atoms with E-state index in [2.05, 4.69) is 0 Å². The van der Waals surface area contributed by atoms with Gasteiger partial charge in [0.1, 0.15) is 0 Å². The van der Waals surface area contributed by atoms with Crippen molar-refractivity contribution in [3.63, 3.8) is 0 Å². The maximum absolute atomic E-state index is 13.0. The molecular formula is C22H15NO4. The third-order valence-corrected chi connectivity index (χ3v) is 3.99. The second kappa shape index (κ2) is 8.01. The molecule has 0 heterocycles. The van der Waals surface area contributed by atoms with Crippen molar-refractivity contribution in [2.75, 3.05) is 0 Å². The number of nitro groups is 1. The van der Waals surface area contributed by atoms with Gasteiger partial charge in [-0.3, -0.25) is 19.7 Å². The third kappa shape index (κ3) is 4.04. The van der Waals surface area contributed by atoms with Crippen molar-refractivity contribution < 1.29 is 14.5 Å². The van der Waals surface area contributed by atoms with Gasteiger partial charge in [0.2, 0.25) is 0 Å². The molecule has 0 aliphatic carbocycles. The van der Waals surface area contributed by atoms with Crippen LogP contribution in [0.4, 0.5) is 5.69 Å². The van der Waals surface area contributed by atoms with Crippen molar-refractivity contribution in [2.24, 2.45) is 0 Å². The molecule has 0 aliphatic heterocycles. The molecule has 0 amide bonds. The van der Waals surface area contributed by atoms with Crippen molar-refractivity contribution in [1.82, 2.24) is 0 Å². The smallest absolute Gasteiger partial charge is 0.276 e. The normalized spacial score (nSPS) is 10.1. The minimum Gasteiger partial charge on any atom is -0.288 e. The molecule has 5 nitrogen and oxygen atoms in total. The summed E-state index contributed by atoms with van der Waals surface area (Å²) in [4.78, 5) is 36.7. The molecule has 0 unspecified atom stereocenters. The van der Waals surface area contributed by atoms with Crippen LogP contribution in [0.3, 0.4) is 0 Å². The number of carbonyl (C=O) groups excluding carboxylic acids is 2. The molecule has 132 valence electrons. The first-order valence-electron chi connectivity index (χ1n) is 8.22. The third-order valence-electron chi connectivity index (χ3n) is 3.99. The second-order valence-electron chi connectivity index (χ2n) is 5.76. The number of hydrogen-bond donors (Lipinski definition) is 0. The van der Waals surface area contributed by atoms with E-state index in [1.807, 2.05) is 0 Å². The number of hydrogen-bond acceptors (Lipinski definition) is 4. The summed E-state index contributed by atoms with van der Waals surface area (Å²) in [6.45, 7) is 0. The van der Waals surface area contributed by atoms with Crippen molar-refractivity contribution in [1.29, 1.82) is 0 Å². The van der Waals surface area contributed by atoms with Crippen LogP contribution in [-0.4, -0.2) is 16.5 Å². The first-order valence-corrected chi connectivity index (χ1v) is 8.22. The predicted molar refractivity (Wildman–Crippen MR) is 103 cm³/mol. The summed E-state index contributed by atoms with van der Waals surface area (Å²) in [7, 11) is 0. The zero-order valence-corrected chi connectivity index (χ0v) is 14.2. The van der Waals surface area contributed by atoms with E-state index < -0.39 is 16.5 Å². The molecule has 0 bridgehead atoms. The number of rotatable bonds is 6. The average Bonchev–Trinajstić information content (AvgIpc) is 2.72. The highest BCUT2D eigenvalue weighted by Gasteiger charge is 2.23. The van der Waals surface area contributed by atoms with Gasteiger partial charge in [0.15, 0.2) is 11.6 Å². The quantitative estimate of drug-likeness (QED) is 0.159. The van der Waals surface area contributed by atoms with Crippen LogP contribution in [-0.2, 0) is 0 Å². The van der Waals surface area contributed by atoms with Gasteiger partial charge < -0.3 is 0 Å². The zero-order valence-electron chi connectivity index (χ0n) is 14.2. The van der Waals surface area contributed by atoms with Crippen molar-refractivity contribution in [2.45, 2.75) is 0 Å². The lowest BCUT2D eigenvalue weighted by atomic mass is 9.93. The van der Waals surface area contributed by atoms with Crippen LogP contribution in [0.5, 0.6) is 0 Å². The fourth-order valence-corrected chi connectivity index (χ4v) is 2.66. The predicted octanol–water partition coefficient (Wildman–Crippen LogP) is 4.74. The molecule has 0 atom stereocenters. The van der Waals surface area contributed by atoms with Crippen LogP contribution in [0.25, 0.3) is 6.08 Å². The summed E-state index contributed by atoms with van der Waals surface area (Å²) in [6.07, 6.45) is 1.29. The Labute approximate surface area is 155 Å². The van der Waals surface area contributed by atoms with E-state index in [4.69, 9.17) is 0 Å². The maximum atomic E-state index is 13.0. The maximum Gasteiger partial charge on any atom is 0.276 e. The van der Waals surface area contributed by atoms with E-state index >= 15 is 0 Å². The van der Waals surface area contributed by atoms with Gasteiger partial charge >= 0.3 is 0 Å². The van der Waals surface area contributed by atoms with E-state index in [9.17, 15) is 19.7 Å². The molecule has 0 saturated carbocycles. The highest BCUT2D eigenvalue weighted by molar-refractivity contribution is 6.33. The van der Waals surface area contributed by atoms with Gasteiger partial charge in [0.25, 0.3) is 5.69 Å². The lowest BCUT2D eigenvalue weighted by Crippen LogP contribution is -2.14. The number of ketones is 2. The zero-order chi connectivity index (χ0) is 19.2. The topological polar surface area (TPSA) is 77.3 Å². The van der Waals surface area contributed by atoms with Gasteiger partial charge in [-0.2, -0.15) is 0 Å². The number of para-hydroxylation sites is 1. The van der Waals surface area contributed by atoms with E-state index in [1.54, 1.807) is 66.7 Å². The van der Waals surface area contributed by atoms with Crippen molar-refractivity contribution in [3.8, 4) is 0 Å². The summed E-state index contributed by atoms with van der Waals surface area (Å²) < 4.78 is 0. The highest BCUT2D eigenvalue weighted by Crippen LogP contribution is 2.24. The summed E-state index contributed by atoms with van der Waals surface area (Å²) in [5.41, 5.74) is 0.586. The number of nitrogens with zero attached hydrogens (tertiary/aromatic N) is 1. The van der Waals surface area contributed by atoms with Crippen LogP contribution >= 0.6 is 0 Å². The molecule has 3 aromatic carbocycles. The molecule has 5 heteroatoms. The number of allylic oxidation sites excluding steroid dienone is 1. The Morgan fingerprint density at radius 1 is 0.704 bits per heavy atom. The monoisotopic (exact) mass is 357 g/mol. The minimum absolute atomic E-state index is 0.123. The fourth-order valence-electron chi connectivity index (χ4n) is 2.66. The molecule has 0 spiro atoms. The highest BCUT2D eigenvalue weighted by atomic mass is 16.6. The standard InChI is InChI=1S/C22H15NO4/c24-21(16-9-3-1-4-10-16)19(22(25)17-11-5-2-6-12-17)15-18-13-7-8-14-20(18)23(26)27/h1-15H. The average molecular weight is 357 g/mol. The van der Waals surface area contributed by atoms with E-state index in [0.717, 1.165) is 0 Å². The van der Waals surface area contributed by atoms with E-state index in [-0.39, 0.29) is 16.8 Å². The van der Waals surface area contributed by atoms with Crippen LogP contribution in [0.15, 0.2) is 90.5 Å². The summed E-state index contributed by atoms with van der Waals surface area (Å²) >= 11 is 0. The molecule has 0 N–H and O–H groups in total. The van der Waals surface area contributed by atoms with Crippen molar-refractivity contribution >= 4 is 23.3 Å². The Kier molecular flexibility index (Phi) is 5.33. The van der Waals surface area contributed by atoms with Gasteiger partial charge in [0.05, 0.1) is 16.1 Å². The molecule has 3 aromatic rings. The van der Waals surface area contributed by atoms with Gasteiger partial charge in [-0.05, 0) is 12.1 Å². The van der Waals surface area contributed by atoms with E-state index in [0.29, 0.717) is 11.1 Å². The molecule has 27 heavy (non-hydrogen) atoms. The molecule has 0 radical (unpaired) electrons. The molecule has 0 fully saturated rings. The van der Waals surface area contributed by atoms with Crippen molar-refractivity contribution in [3.05, 3.63) is 117 Å². The first kappa shape index (κ1) is 17.9. The van der Waals surface area contributed by atoms with Gasteiger partial charge in [-0.1, -0.05) is 72.8 Å². The van der Waals surface area contributed by atoms with E-state index in [1.165, 1.54) is 24.3 Å². The second-order valence-corrected chi connectivity index (χ2v) is 5.76. The Balaban J connectivity index is 2.15. The van der Waals surface area contributed by atoms with Gasteiger partial charge in [-0.25, -0.2) is 0 Å². The summed E-state index contributed by atoms with van der Waals surface area (Å²) in [6, 6.07) is 22.7. The lowest BCUT2D eigenvalue weighted by Gasteiger charge is -2.07. The largest absolute Gasteiger partial charge is 0.288 e. The summed E-state index contributed by atoms with van der Waals surface area (Å²) in [5, 5.41) is 11.3. The van der Waals surface area contributed by atoms with Crippen LogP contribution in [0.1, 0.15) is 26.3 Å². The lowest BCUT2D eigenvalue weighted by molar-refractivity contribution is -0.385. The molecular weight excluding hydrogens is 342 g/mol. The Morgan fingerprint density at radius 2 is 1.15 bits per heavy atom. The number of benzene rings is 3. The summed E-state index contributed by atoms with van der Waals surface area (Å²) in [5.74, 6) is -0.967. The number of nitro benzene ring substituents is 1. The van der Waals surface area contributed by atoms with Crippen LogP contribution < -0.4 is 0 Å². The Bertz CT molecular complexity index is 971. The minimum atomic E-state index is -0.538. The van der Waals surface area contributed by atoms with Gasteiger partial charge in [0, 0.05) is 17.2 Å². The fraction of sp³-hybridized carbons (Fsp3) is 0.